The highest BCUT2D eigenvalue weighted by molar-refractivity contribution is 8.00. The second-order valence-corrected chi connectivity index (χ2v) is 9.48. The van der Waals surface area contributed by atoms with E-state index < -0.39 is 5.91 Å². The summed E-state index contributed by atoms with van der Waals surface area (Å²) >= 11 is 16.5. The molecule has 1 amide bonds. The first-order chi connectivity index (χ1) is 13.6. The Kier molecular flexibility index (Phi) is 7.92. The molecule has 0 atom stereocenters. The first-order valence-electron chi connectivity index (χ1n) is 8.23. The van der Waals surface area contributed by atoms with Crippen LogP contribution in [-0.2, 0) is 5.75 Å². The van der Waals surface area contributed by atoms with Gasteiger partial charge in [0, 0.05) is 16.5 Å². The lowest BCUT2D eigenvalue weighted by Crippen LogP contribution is -2.15. The standard InChI is InChI=1S/C17H15Cl2N5OS3/c1-2-7-26-15-20-8-12(19)13(21-15)14(25)22-16-23-24-17(28-16)27-9-10-5-3-4-6-11(10)18/h3-6,8H,2,7,9H2,1H3,(H,22,23,25). The first-order valence-corrected chi connectivity index (χ1v) is 11.8. The van der Waals surface area contributed by atoms with Gasteiger partial charge in [0.2, 0.25) is 5.13 Å². The minimum Gasteiger partial charge on any atom is -0.295 e. The average molecular weight is 472 g/mol. The second-order valence-electron chi connectivity index (χ2n) is 5.40. The van der Waals surface area contributed by atoms with Gasteiger partial charge >= 0.3 is 0 Å². The number of nitrogens with zero attached hydrogens (tertiary/aromatic N) is 4. The zero-order valence-electron chi connectivity index (χ0n) is 14.7. The fourth-order valence-electron chi connectivity index (χ4n) is 2.00. The minimum atomic E-state index is -0.440. The van der Waals surface area contributed by atoms with Gasteiger partial charge in [0.25, 0.3) is 5.91 Å². The molecule has 2 aromatic heterocycles. The van der Waals surface area contributed by atoms with E-state index in [1.54, 1.807) is 0 Å². The van der Waals surface area contributed by atoms with Crippen LogP contribution in [0, 0.1) is 0 Å². The Morgan fingerprint density at radius 3 is 2.79 bits per heavy atom. The van der Waals surface area contributed by atoms with Gasteiger partial charge in [0.05, 0.1) is 11.2 Å². The van der Waals surface area contributed by atoms with Crippen LogP contribution in [0.1, 0.15) is 29.4 Å². The van der Waals surface area contributed by atoms with Crippen LogP contribution in [0.15, 0.2) is 40.0 Å². The van der Waals surface area contributed by atoms with Gasteiger partial charge < -0.3 is 0 Å². The van der Waals surface area contributed by atoms with E-state index in [4.69, 9.17) is 23.2 Å². The fraction of sp³-hybridized carbons (Fsp3) is 0.235. The third-order valence-corrected chi connectivity index (χ3v) is 7.04. The van der Waals surface area contributed by atoms with Gasteiger partial charge in [0.1, 0.15) is 0 Å². The molecule has 6 nitrogen and oxygen atoms in total. The highest BCUT2D eigenvalue weighted by Crippen LogP contribution is 2.30. The van der Waals surface area contributed by atoms with Crippen LogP contribution in [0.2, 0.25) is 10.0 Å². The highest BCUT2D eigenvalue weighted by Gasteiger charge is 2.17. The van der Waals surface area contributed by atoms with E-state index in [1.165, 1.54) is 41.1 Å². The molecule has 1 N–H and O–H groups in total. The molecule has 28 heavy (non-hydrogen) atoms. The Morgan fingerprint density at radius 1 is 1.18 bits per heavy atom. The number of aromatic nitrogens is 4. The van der Waals surface area contributed by atoms with Gasteiger partial charge in [-0.3, -0.25) is 10.1 Å². The molecule has 1 aromatic carbocycles. The van der Waals surface area contributed by atoms with Crippen molar-refractivity contribution in [2.45, 2.75) is 28.6 Å². The second kappa shape index (κ2) is 10.4. The van der Waals surface area contributed by atoms with Crippen molar-refractivity contribution in [2.24, 2.45) is 0 Å². The van der Waals surface area contributed by atoms with E-state index in [0.717, 1.165) is 22.1 Å². The van der Waals surface area contributed by atoms with Crippen molar-refractivity contribution in [3.05, 3.63) is 51.8 Å². The normalized spacial score (nSPS) is 10.8. The number of rotatable bonds is 8. The third-order valence-electron chi connectivity index (χ3n) is 3.31. The van der Waals surface area contributed by atoms with Gasteiger partial charge in [-0.25, -0.2) is 9.97 Å². The molecule has 2 heterocycles. The monoisotopic (exact) mass is 471 g/mol. The number of nitrogens with one attached hydrogen (secondary N) is 1. The maximum absolute atomic E-state index is 12.5. The van der Waals surface area contributed by atoms with Crippen LogP contribution >= 0.6 is 58.1 Å². The van der Waals surface area contributed by atoms with E-state index in [0.29, 0.717) is 21.1 Å². The predicted molar refractivity (Wildman–Crippen MR) is 117 cm³/mol. The quantitative estimate of drug-likeness (QED) is 0.257. The van der Waals surface area contributed by atoms with Crippen molar-refractivity contribution in [3.8, 4) is 0 Å². The van der Waals surface area contributed by atoms with Gasteiger partial charge in [0.15, 0.2) is 15.2 Å². The van der Waals surface area contributed by atoms with Gasteiger partial charge in [-0.15, -0.1) is 10.2 Å². The van der Waals surface area contributed by atoms with Crippen molar-refractivity contribution in [2.75, 3.05) is 11.1 Å². The lowest BCUT2D eigenvalue weighted by molar-refractivity contribution is 0.102. The number of amides is 1. The molecule has 0 unspecified atom stereocenters. The Hall–Kier alpha value is -1.39. The van der Waals surface area contributed by atoms with Crippen LogP contribution in [-0.4, -0.2) is 31.8 Å². The maximum atomic E-state index is 12.5. The van der Waals surface area contributed by atoms with Gasteiger partial charge in [-0.05, 0) is 18.1 Å². The first kappa shape index (κ1) is 21.3. The van der Waals surface area contributed by atoms with Crippen LogP contribution in [0.5, 0.6) is 0 Å². The number of carbonyl (C=O) groups excluding carboxylic acids is 1. The van der Waals surface area contributed by atoms with E-state index in [1.807, 2.05) is 24.3 Å². The van der Waals surface area contributed by atoms with Crippen LogP contribution in [0.25, 0.3) is 0 Å². The number of halogens is 2. The third kappa shape index (κ3) is 5.81. The van der Waals surface area contributed by atoms with Crippen LogP contribution in [0.4, 0.5) is 5.13 Å². The van der Waals surface area contributed by atoms with Crippen LogP contribution < -0.4 is 5.32 Å². The van der Waals surface area contributed by atoms with Crippen molar-refractivity contribution < 1.29 is 4.79 Å². The van der Waals surface area contributed by atoms with Crippen molar-refractivity contribution in [1.82, 2.24) is 20.2 Å². The summed E-state index contributed by atoms with van der Waals surface area (Å²) in [7, 11) is 0. The van der Waals surface area contributed by atoms with Crippen LogP contribution in [0.3, 0.4) is 0 Å². The summed E-state index contributed by atoms with van der Waals surface area (Å²) in [6.07, 6.45) is 2.42. The number of anilines is 1. The van der Waals surface area contributed by atoms with E-state index in [9.17, 15) is 4.79 Å². The molecule has 0 aliphatic rings. The van der Waals surface area contributed by atoms with E-state index in [2.05, 4.69) is 32.4 Å². The zero-order chi connectivity index (χ0) is 19.9. The summed E-state index contributed by atoms with van der Waals surface area (Å²) in [6.45, 7) is 2.06. The van der Waals surface area contributed by atoms with E-state index >= 15 is 0 Å². The molecule has 0 saturated carbocycles. The molecule has 3 aromatic rings. The number of hydrogen-bond donors (Lipinski definition) is 1. The lowest BCUT2D eigenvalue weighted by Gasteiger charge is -2.04. The largest absolute Gasteiger partial charge is 0.295 e. The molecule has 3 rings (SSSR count). The van der Waals surface area contributed by atoms with Crippen molar-refractivity contribution >= 4 is 69.1 Å². The van der Waals surface area contributed by atoms with Gasteiger partial charge in [-0.2, -0.15) is 0 Å². The zero-order valence-corrected chi connectivity index (χ0v) is 18.6. The predicted octanol–water partition coefficient (Wildman–Crippen LogP) is 5.68. The summed E-state index contributed by atoms with van der Waals surface area (Å²) in [5, 5.41) is 12.6. The van der Waals surface area contributed by atoms with Gasteiger partial charge in [-0.1, -0.05) is 83.2 Å². The molecular weight excluding hydrogens is 457 g/mol. The molecule has 0 aliphatic heterocycles. The molecule has 0 aliphatic carbocycles. The Labute approximate surface area is 184 Å². The number of hydrogen-bond acceptors (Lipinski definition) is 8. The molecular formula is C17H15Cl2N5OS3. The summed E-state index contributed by atoms with van der Waals surface area (Å²) in [4.78, 5) is 20.9. The molecule has 0 bridgehead atoms. The molecule has 0 fully saturated rings. The molecule has 0 spiro atoms. The molecule has 0 radical (unpaired) electrons. The summed E-state index contributed by atoms with van der Waals surface area (Å²) in [6, 6.07) is 7.64. The number of carbonyl (C=O) groups is 1. The topological polar surface area (TPSA) is 80.7 Å². The Bertz CT molecular complexity index is 969. The van der Waals surface area contributed by atoms with E-state index in [-0.39, 0.29) is 10.7 Å². The number of benzene rings is 1. The van der Waals surface area contributed by atoms with Crippen molar-refractivity contribution in [3.63, 3.8) is 0 Å². The molecule has 146 valence electrons. The Morgan fingerprint density at radius 2 is 2.00 bits per heavy atom. The van der Waals surface area contributed by atoms with Crippen molar-refractivity contribution in [1.29, 1.82) is 0 Å². The highest BCUT2D eigenvalue weighted by atomic mass is 35.5. The summed E-state index contributed by atoms with van der Waals surface area (Å²) in [5.74, 6) is 1.09. The Balaban J connectivity index is 1.63. The maximum Gasteiger partial charge on any atom is 0.277 e. The fourth-order valence-corrected chi connectivity index (χ4v) is 4.88. The lowest BCUT2D eigenvalue weighted by atomic mass is 10.2. The SMILES string of the molecule is CCCSc1ncc(Cl)c(C(=O)Nc2nnc(SCc3ccccc3Cl)s2)n1. The summed E-state index contributed by atoms with van der Waals surface area (Å²) in [5.41, 5.74) is 1.13. The number of thioether (sulfide) groups is 2. The molecule has 0 saturated heterocycles. The smallest absolute Gasteiger partial charge is 0.277 e. The minimum absolute atomic E-state index is 0.121. The summed E-state index contributed by atoms with van der Waals surface area (Å²) < 4.78 is 0.725. The molecule has 11 heteroatoms. The average Bonchev–Trinajstić information content (AvgIpc) is 3.14.